The van der Waals surface area contributed by atoms with Crippen LogP contribution in [0.5, 0.6) is 5.75 Å². The second-order valence-electron chi connectivity index (χ2n) is 1.76. The number of benzene rings is 1. The van der Waals surface area contributed by atoms with Gasteiger partial charge in [0.2, 0.25) is 0 Å². The summed E-state index contributed by atoms with van der Waals surface area (Å²) >= 11 is 0. The van der Waals surface area contributed by atoms with Crippen LogP contribution in [0.1, 0.15) is 0 Å². The van der Waals surface area contributed by atoms with E-state index in [2.05, 4.69) is 0 Å². The predicted octanol–water partition coefficient (Wildman–Crippen LogP) is -0.195. The molecule has 0 fully saturated rings. The molecule has 41 valence electrons. The van der Waals surface area contributed by atoms with Crippen molar-refractivity contribution in [3.05, 3.63) is 24.3 Å². The van der Waals surface area contributed by atoms with E-state index in [0.717, 1.165) is 5.46 Å². The van der Waals surface area contributed by atoms with Gasteiger partial charge in [-0.15, -0.1) is 0 Å². The molecule has 1 N–H and O–H groups in total. The highest BCUT2D eigenvalue weighted by atomic mass is 16.3. The summed E-state index contributed by atoms with van der Waals surface area (Å²) in [6.07, 6.45) is 0. The van der Waals surface area contributed by atoms with E-state index < -0.39 is 0 Å². The minimum atomic E-state index is 0.264. The lowest BCUT2D eigenvalue weighted by atomic mass is 9.51. The van der Waals surface area contributed by atoms with E-state index >= 15 is 0 Å². The lowest BCUT2D eigenvalue weighted by Crippen LogP contribution is -2.12. The summed E-state index contributed by atoms with van der Waals surface area (Å²) in [5.74, 6) is 0.264. The maximum absolute atomic E-state index is 8.80. The number of phenolic OH excluding ortho intramolecular Hbond substituents is 1. The van der Waals surface area contributed by atoms with Gasteiger partial charge in [0.1, 0.15) is 5.75 Å². The van der Waals surface area contributed by atoms with Crippen molar-refractivity contribution < 1.29 is 5.11 Å². The molecule has 0 saturated heterocycles. The predicted molar refractivity (Wildman–Crippen MR) is 39.2 cm³/mol. The largest absolute Gasteiger partial charge is 0.508 e. The highest BCUT2D eigenvalue weighted by molar-refractivity contribution is 6.97. The highest BCUT2D eigenvalue weighted by Crippen LogP contribution is 2.01. The first-order chi connectivity index (χ1) is 4.33. The Hall–Kier alpha value is -0.850. The lowest BCUT2D eigenvalue weighted by molar-refractivity contribution is 0.475. The zero-order valence-electron chi connectivity index (χ0n) is 4.91. The van der Waals surface area contributed by atoms with Gasteiger partial charge in [-0.1, -0.05) is 17.6 Å². The van der Waals surface area contributed by atoms with Crippen molar-refractivity contribution in [2.75, 3.05) is 0 Å². The first kappa shape index (κ1) is 6.27. The molecule has 0 aliphatic heterocycles. The van der Waals surface area contributed by atoms with Crippen molar-refractivity contribution in [2.45, 2.75) is 0 Å². The Labute approximate surface area is 56.3 Å². The molecule has 0 amide bonds. The molecular formula is C6H5B2O. The van der Waals surface area contributed by atoms with Gasteiger partial charge in [0.25, 0.3) is 0 Å². The van der Waals surface area contributed by atoms with E-state index in [9.17, 15) is 0 Å². The van der Waals surface area contributed by atoms with Crippen LogP contribution >= 0.6 is 0 Å². The van der Waals surface area contributed by atoms with Crippen molar-refractivity contribution in [1.82, 2.24) is 0 Å². The molecule has 0 unspecified atom stereocenters. The van der Waals surface area contributed by atoms with Gasteiger partial charge in [-0.3, -0.25) is 0 Å². The molecule has 0 heterocycles. The molecular weight excluding hydrogens is 110 g/mol. The molecule has 0 atom stereocenters. The van der Waals surface area contributed by atoms with Gasteiger partial charge in [0.15, 0.2) is 0 Å². The normalized spacial score (nSPS) is 8.89. The van der Waals surface area contributed by atoms with Crippen LogP contribution in [0, 0.1) is 0 Å². The number of hydrogen-bond donors (Lipinski definition) is 1. The molecule has 0 saturated carbocycles. The highest BCUT2D eigenvalue weighted by Gasteiger charge is 1.87. The summed E-state index contributed by atoms with van der Waals surface area (Å²) in [5, 5.41) is 8.80. The fourth-order valence-electron chi connectivity index (χ4n) is 0.585. The SMILES string of the molecule is [B][B]c1ccc(O)cc1. The molecule has 0 aromatic heterocycles. The Morgan fingerprint density at radius 3 is 2.22 bits per heavy atom. The average Bonchev–Trinajstić information content (AvgIpc) is 1.90. The summed E-state index contributed by atoms with van der Waals surface area (Å²) in [7, 11) is 6.68. The number of hydrogen-bond acceptors (Lipinski definition) is 1. The summed E-state index contributed by atoms with van der Waals surface area (Å²) in [4.78, 5) is 0. The van der Waals surface area contributed by atoms with Gasteiger partial charge in [-0.05, 0) is 12.1 Å². The van der Waals surface area contributed by atoms with Crippen LogP contribution in [-0.4, -0.2) is 20.0 Å². The number of rotatable bonds is 1. The maximum atomic E-state index is 8.80. The van der Waals surface area contributed by atoms with Crippen molar-refractivity contribution in [1.29, 1.82) is 0 Å². The zero-order valence-corrected chi connectivity index (χ0v) is 4.91. The molecule has 1 rings (SSSR count). The minimum absolute atomic E-state index is 0.264. The van der Waals surface area contributed by atoms with Gasteiger partial charge >= 0.3 is 0 Å². The maximum Gasteiger partial charge on any atom is 0.115 e. The second kappa shape index (κ2) is 2.62. The topological polar surface area (TPSA) is 20.2 Å². The molecule has 0 bridgehead atoms. The number of phenols is 1. The third-order valence-corrected chi connectivity index (χ3v) is 1.09. The Balaban J connectivity index is 2.88. The van der Waals surface area contributed by atoms with Gasteiger partial charge in [-0.2, -0.15) is 0 Å². The van der Waals surface area contributed by atoms with Crippen LogP contribution in [0.15, 0.2) is 24.3 Å². The monoisotopic (exact) mass is 115 g/mol. The quantitative estimate of drug-likeness (QED) is 0.502. The summed E-state index contributed by atoms with van der Waals surface area (Å²) in [6.45, 7) is 0. The van der Waals surface area contributed by atoms with Crippen molar-refractivity contribution in [3.63, 3.8) is 0 Å². The average molecular weight is 115 g/mol. The molecule has 3 radical (unpaired) electrons. The summed E-state index contributed by atoms with van der Waals surface area (Å²) in [5.41, 5.74) is 0.910. The summed E-state index contributed by atoms with van der Waals surface area (Å²) < 4.78 is 0. The molecule has 0 aliphatic rings. The molecule has 1 aromatic rings. The zero-order chi connectivity index (χ0) is 6.69. The van der Waals surface area contributed by atoms with Gasteiger partial charge in [0, 0.05) is 7.74 Å². The van der Waals surface area contributed by atoms with Crippen LogP contribution < -0.4 is 5.46 Å². The molecule has 1 aromatic carbocycles. The first-order valence-electron chi connectivity index (χ1n) is 2.67. The minimum Gasteiger partial charge on any atom is -0.508 e. The standard InChI is InChI=1S/C6H5B2O/c7-8-5-1-3-6(9)4-2-5/h1-4,9H. The van der Waals surface area contributed by atoms with Crippen molar-refractivity contribution in [3.8, 4) is 5.75 Å². The fourth-order valence-corrected chi connectivity index (χ4v) is 0.585. The van der Waals surface area contributed by atoms with E-state index in [1.807, 2.05) is 0 Å². The van der Waals surface area contributed by atoms with Crippen LogP contribution in [-0.2, 0) is 0 Å². The Kier molecular flexibility index (Phi) is 1.83. The first-order valence-corrected chi connectivity index (χ1v) is 2.67. The number of aromatic hydroxyl groups is 1. The fraction of sp³-hybridized carbons (Fsp3) is 0. The van der Waals surface area contributed by atoms with Gasteiger partial charge in [0.05, 0.1) is 7.17 Å². The smallest absolute Gasteiger partial charge is 0.115 e. The van der Waals surface area contributed by atoms with Gasteiger partial charge < -0.3 is 5.11 Å². The Bertz CT molecular complexity index is 183. The third-order valence-electron chi connectivity index (χ3n) is 1.09. The van der Waals surface area contributed by atoms with Crippen LogP contribution in [0.25, 0.3) is 0 Å². The van der Waals surface area contributed by atoms with Crippen LogP contribution in [0.2, 0.25) is 0 Å². The Morgan fingerprint density at radius 1 is 1.22 bits per heavy atom. The van der Waals surface area contributed by atoms with E-state index in [0.29, 0.717) is 0 Å². The Morgan fingerprint density at radius 2 is 1.78 bits per heavy atom. The lowest BCUT2D eigenvalue weighted by Gasteiger charge is -1.93. The molecule has 0 aliphatic carbocycles. The second-order valence-corrected chi connectivity index (χ2v) is 1.76. The van der Waals surface area contributed by atoms with E-state index in [-0.39, 0.29) is 5.75 Å². The van der Waals surface area contributed by atoms with E-state index in [4.69, 9.17) is 12.8 Å². The van der Waals surface area contributed by atoms with Crippen molar-refractivity contribution >= 4 is 20.4 Å². The molecule has 1 nitrogen and oxygen atoms in total. The summed E-state index contributed by atoms with van der Waals surface area (Å²) in [6, 6.07) is 6.68. The molecule has 0 spiro atoms. The van der Waals surface area contributed by atoms with Crippen molar-refractivity contribution in [2.24, 2.45) is 0 Å². The van der Waals surface area contributed by atoms with Crippen LogP contribution in [0.3, 0.4) is 0 Å². The van der Waals surface area contributed by atoms with E-state index in [1.54, 1.807) is 24.3 Å². The third kappa shape index (κ3) is 1.53. The van der Waals surface area contributed by atoms with Crippen LogP contribution in [0.4, 0.5) is 0 Å². The van der Waals surface area contributed by atoms with E-state index in [1.165, 1.54) is 7.17 Å². The molecule has 3 heteroatoms. The molecule has 9 heavy (non-hydrogen) atoms. The van der Waals surface area contributed by atoms with Gasteiger partial charge in [-0.25, -0.2) is 0 Å².